The molecule has 1 saturated carbocycles. The Morgan fingerprint density at radius 1 is 1.03 bits per heavy atom. The molecular formula is C22H18FN3OS2. The zero-order valence-electron chi connectivity index (χ0n) is 15.5. The van der Waals surface area contributed by atoms with Gasteiger partial charge in [-0.15, -0.1) is 11.3 Å². The molecule has 0 atom stereocenters. The zero-order chi connectivity index (χ0) is 19.6. The van der Waals surface area contributed by atoms with E-state index in [0.29, 0.717) is 18.3 Å². The lowest BCUT2D eigenvalue weighted by Crippen LogP contribution is -1.97. The number of aromatic nitrogens is 3. The summed E-state index contributed by atoms with van der Waals surface area (Å²) in [4.78, 5) is 14.2. The summed E-state index contributed by atoms with van der Waals surface area (Å²) in [5.41, 5.74) is 2.02. The van der Waals surface area contributed by atoms with Gasteiger partial charge in [0.1, 0.15) is 34.0 Å². The van der Waals surface area contributed by atoms with Gasteiger partial charge in [-0.05, 0) is 43.2 Å². The number of para-hydroxylation sites is 1. The van der Waals surface area contributed by atoms with Crippen LogP contribution in [0.1, 0.15) is 35.3 Å². The van der Waals surface area contributed by atoms with E-state index in [1.807, 2.05) is 12.1 Å². The molecule has 4 nitrogen and oxygen atoms in total. The number of thioether (sulfide) groups is 1. The Balaban J connectivity index is 1.26. The van der Waals surface area contributed by atoms with Gasteiger partial charge in [-0.3, -0.25) is 0 Å². The van der Waals surface area contributed by atoms with Crippen molar-refractivity contribution in [3.05, 3.63) is 76.3 Å². The molecular weight excluding hydrogens is 405 g/mol. The molecule has 2 aromatic carbocycles. The lowest BCUT2D eigenvalue weighted by molar-refractivity contribution is 0.305. The lowest BCUT2D eigenvalue weighted by Gasteiger charge is -2.07. The average molecular weight is 424 g/mol. The summed E-state index contributed by atoms with van der Waals surface area (Å²) in [5.74, 6) is 2.61. The van der Waals surface area contributed by atoms with Gasteiger partial charge in [-0.1, -0.05) is 30.0 Å². The van der Waals surface area contributed by atoms with Crippen LogP contribution in [0.25, 0.3) is 10.9 Å². The number of thiazole rings is 1. The molecule has 7 heteroatoms. The summed E-state index contributed by atoms with van der Waals surface area (Å²) in [6.07, 6.45) is 2.37. The summed E-state index contributed by atoms with van der Waals surface area (Å²) in [5, 5.41) is 5.07. The maximum absolute atomic E-state index is 13.0. The quantitative estimate of drug-likeness (QED) is 0.271. The van der Waals surface area contributed by atoms with Crippen LogP contribution in [0.3, 0.4) is 0 Å². The van der Waals surface area contributed by atoms with Crippen molar-refractivity contribution in [1.82, 2.24) is 15.0 Å². The minimum Gasteiger partial charge on any atom is -0.486 e. The molecule has 29 heavy (non-hydrogen) atoms. The van der Waals surface area contributed by atoms with Gasteiger partial charge in [-0.25, -0.2) is 19.3 Å². The van der Waals surface area contributed by atoms with Crippen molar-refractivity contribution in [2.24, 2.45) is 0 Å². The van der Waals surface area contributed by atoms with Crippen LogP contribution in [0, 0.1) is 5.82 Å². The maximum atomic E-state index is 13.0. The molecule has 1 fully saturated rings. The van der Waals surface area contributed by atoms with E-state index in [-0.39, 0.29) is 5.82 Å². The van der Waals surface area contributed by atoms with Crippen molar-refractivity contribution in [1.29, 1.82) is 0 Å². The number of hydrogen-bond acceptors (Lipinski definition) is 6. The van der Waals surface area contributed by atoms with Gasteiger partial charge in [0.2, 0.25) is 0 Å². The van der Waals surface area contributed by atoms with Crippen LogP contribution in [-0.2, 0) is 12.4 Å². The smallest absolute Gasteiger partial charge is 0.140 e. The van der Waals surface area contributed by atoms with E-state index in [4.69, 9.17) is 14.7 Å². The molecule has 0 saturated heterocycles. The molecule has 146 valence electrons. The Morgan fingerprint density at radius 3 is 2.69 bits per heavy atom. The minimum atomic E-state index is -0.270. The fourth-order valence-corrected chi connectivity index (χ4v) is 4.73. The third kappa shape index (κ3) is 4.41. The fourth-order valence-electron chi connectivity index (χ4n) is 3.00. The SMILES string of the molecule is Fc1ccc(OCc2nc(CSc3nc(C4CC4)nc4ccccc34)cs2)cc1. The first kappa shape index (κ1) is 18.5. The highest BCUT2D eigenvalue weighted by atomic mass is 32.2. The van der Waals surface area contributed by atoms with Crippen LogP contribution < -0.4 is 4.74 Å². The molecule has 0 spiro atoms. The van der Waals surface area contributed by atoms with E-state index < -0.39 is 0 Å². The Labute approximate surface area is 176 Å². The van der Waals surface area contributed by atoms with Crippen molar-refractivity contribution in [3.63, 3.8) is 0 Å². The third-order valence-corrected chi connectivity index (χ3v) is 6.56. The predicted octanol–water partition coefficient (Wildman–Crippen LogP) is 5.97. The van der Waals surface area contributed by atoms with Crippen LogP contribution in [0.5, 0.6) is 5.75 Å². The summed E-state index contributed by atoms with van der Waals surface area (Å²) in [7, 11) is 0. The highest BCUT2D eigenvalue weighted by Crippen LogP contribution is 2.40. The van der Waals surface area contributed by atoms with Crippen molar-refractivity contribution < 1.29 is 9.13 Å². The maximum Gasteiger partial charge on any atom is 0.140 e. The number of rotatable bonds is 7. The Morgan fingerprint density at radius 2 is 1.86 bits per heavy atom. The fraction of sp³-hybridized carbons (Fsp3) is 0.227. The second kappa shape index (κ2) is 8.08. The third-order valence-electron chi connectivity index (χ3n) is 4.66. The number of ether oxygens (including phenoxy) is 1. The van der Waals surface area contributed by atoms with Gasteiger partial charge < -0.3 is 4.74 Å². The second-order valence-electron chi connectivity index (χ2n) is 6.94. The molecule has 5 rings (SSSR count). The van der Waals surface area contributed by atoms with Gasteiger partial charge in [0, 0.05) is 22.4 Å². The van der Waals surface area contributed by atoms with Crippen LogP contribution in [0.4, 0.5) is 4.39 Å². The van der Waals surface area contributed by atoms with Crippen LogP contribution in [-0.4, -0.2) is 15.0 Å². The number of nitrogens with zero attached hydrogens (tertiary/aromatic N) is 3. The van der Waals surface area contributed by atoms with Crippen LogP contribution >= 0.6 is 23.1 Å². The number of benzene rings is 2. The van der Waals surface area contributed by atoms with Crippen LogP contribution in [0.2, 0.25) is 0 Å². The summed E-state index contributed by atoms with van der Waals surface area (Å²) < 4.78 is 18.7. The summed E-state index contributed by atoms with van der Waals surface area (Å²) in [6.45, 7) is 0.378. The van der Waals surface area contributed by atoms with Crippen LogP contribution in [0.15, 0.2) is 58.9 Å². The van der Waals surface area contributed by atoms with E-state index in [1.54, 1.807) is 35.2 Å². The number of hydrogen-bond donors (Lipinski definition) is 0. The van der Waals surface area contributed by atoms with E-state index in [2.05, 4.69) is 22.5 Å². The largest absolute Gasteiger partial charge is 0.486 e. The summed E-state index contributed by atoms with van der Waals surface area (Å²) >= 11 is 3.27. The van der Waals surface area contributed by atoms with Crippen molar-refractivity contribution in [2.75, 3.05) is 0 Å². The number of halogens is 1. The topological polar surface area (TPSA) is 47.9 Å². The molecule has 0 unspecified atom stereocenters. The first-order chi connectivity index (χ1) is 14.2. The summed E-state index contributed by atoms with van der Waals surface area (Å²) in [6, 6.07) is 14.2. The van der Waals surface area contributed by atoms with Gasteiger partial charge in [0.05, 0.1) is 11.2 Å². The predicted molar refractivity (Wildman–Crippen MR) is 114 cm³/mol. The van der Waals surface area contributed by atoms with E-state index >= 15 is 0 Å². The number of fused-ring (bicyclic) bond motifs is 1. The van der Waals surface area contributed by atoms with Gasteiger partial charge in [0.15, 0.2) is 0 Å². The molecule has 0 N–H and O–H groups in total. The van der Waals surface area contributed by atoms with Crippen molar-refractivity contribution in [2.45, 2.75) is 36.1 Å². The van der Waals surface area contributed by atoms with E-state index in [1.165, 1.54) is 25.0 Å². The lowest BCUT2D eigenvalue weighted by atomic mass is 10.2. The molecule has 2 heterocycles. The standard InChI is InChI=1S/C22H18FN3OS2/c23-15-7-9-17(10-8-15)27-11-20-24-16(12-28-20)13-29-22-18-3-1-2-4-19(18)25-21(26-22)14-5-6-14/h1-4,7-10,12,14H,5-6,11,13H2. The van der Waals surface area contributed by atoms with Gasteiger partial charge in [0.25, 0.3) is 0 Å². The molecule has 1 aliphatic rings. The molecule has 0 bridgehead atoms. The highest BCUT2D eigenvalue weighted by Gasteiger charge is 2.27. The molecule has 0 amide bonds. The minimum absolute atomic E-state index is 0.270. The highest BCUT2D eigenvalue weighted by molar-refractivity contribution is 7.98. The Bertz CT molecular complexity index is 1140. The Hall–Kier alpha value is -2.51. The zero-order valence-corrected chi connectivity index (χ0v) is 17.2. The molecule has 0 aliphatic heterocycles. The monoisotopic (exact) mass is 423 g/mol. The molecule has 4 aromatic rings. The van der Waals surface area contributed by atoms with Crippen molar-refractivity contribution in [3.8, 4) is 5.75 Å². The first-order valence-electron chi connectivity index (χ1n) is 9.46. The first-order valence-corrected chi connectivity index (χ1v) is 11.3. The van der Waals surface area contributed by atoms with Crippen molar-refractivity contribution >= 4 is 34.0 Å². The van der Waals surface area contributed by atoms with Gasteiger partial charge in [-0.2, -0.15) is 0 Å². The normalized spacial score (nSPS) is 13.7. The molecule has 1 aliphatic carbocycles. The van der Waals surface area contributed by atoms with E-state index in [0.717, 1.165) is 38.2 Å². The second-order valence-corrected chi connectivity index (χ2v) is 8.85. The average Bonchev–Trinajstić information content (AvgIpc) is 3.51. The molecule has 0 radical (unpaired) electrons. The molecule has 2 aromatic heterocycles. The van der Waals surface area contributed by atoms with Gasteiger partial charge >= 0.3 is 0 Å². The Kier molecular flexibility index (Phi) is 5.16. The van der Waals surface area contributed by atoms with E-state index in [9.17, 15) is 4.39 Å².